The first-order valence-corrected chi connectivity index (χ1v) is 6.00. The van der Waals surface area contributed by atoms with E-state index in [-0.39, 0.29) is 11.8 Å². The first kappa shape index (κ1) is 12.8. The van der Waals surface area contributed by atoms with Gasteiger partial charge in [-0.15, -0.1) is 0 Å². The third-order valence-electron chi connectivity index (χ3n) is 3.27. The first-order chi connectivity index (χ1) is 8.49. The van der Waals surface area contributed by atoms with Gasteiger partial charge in [-0.2, -0.15) is 0 Å². The summed E-state index contributed by atoms with van der Waals surface area (Å²) in [5, 5.41) is 9.20. The average Bonchev–Trinajstić information content (AvgIpc) is 2.27. The molecule has 1 amide bonds. The number of hydrogen-bond acceptors (Lipinski definition) is 3. The number of carboxylic acids is 1. The Kier molecular flexibility index (Phi) is 3.52. The van der Waals surface area contributed by atoms with Gasteiger partial charge in [-0.05, 0) is 12.1 Å². The lowest BCUT2D eigenvalue weighted by atomic mass is 9.87. The number of hydrogen-bond donors (Lipinski definition) is 1. The van der Waals surface area contributed by atoms with Gasteiger partial charge in [0.25, 0.3) is 5.91 Å². The molecule has 6 heteroatoms. The quantitative estimate of drug-likeness (QED) is 0.844. The number of aromatic nitrogens is 1. The van der Waals surface area contributed by atoms with E-state index in [0.717, 1.165) is 0 Å². The highest BCUT2D eigenvalue weighted by molar-refractivity contribution is 6.29. The molecule has 0 saturated carbocycles. The Balaban J connectivity index is 1.94. The standard InChI is InChI=1S/C12H13ClN2O3/c1-7(12(17)18)9-5-15(6-9)11(16)8-2-3-10(13)14-4-8/h2-4,7,9H,5-6H2,1H3,(H,17,18). The molecular weight excluding hydrogens is 256 g/mol. The van der Waals surface area contributed by atoms with E-state index in [2.05, 4.69) is 4.98 Å². The molecule has 1 atom stereocenters. The fourth-order valence-electron chi connectivity index (χ4n) is 1.88. The third kappa shape index (κ3) is 2.46. The molecule has 1 aromatic rings. The molecule has 0 aliphatic carbocycles. The van der Waals surface area contributed by atoms with Crippen molar-refractivity contribution < 1.29 is 14.7 Å². The van der Waals surface area contributed by atoms with Crippen LogP contribution in [0.4, 0.5) is 0 Å². The summed E-state index contributed by atoms with van der Waals surface area (Å²) in [5.74, 6) is -1.34. The summed E-state index contributed by atoms with van der Waals surface area (Å²) in [5.41, 5.74) is 0.473. The SMILES string of the molecule is CC(C(=O)O)C1CN(C(=O)c2ccc(Cl)nc2)C1. The number of carbonyl (C=O) groups excluding carboxylic acids is 1. The maximum Gasteiger partial charge on any atom is 0.306 e. The van der Waals surface area contributed by atoms with Gasteiger partial charge in [0.15, 0.2) is 0 Å². The van der Waals surface area contributed by atoms with Crippen molar-refractivity contribution in [3.05, 3.63) is 29.0 Å². The smallest absolute Gasteiger partial charge is 0.306 e. The van der Waals surface area contributed by atoms with E-state index < -0.39 is 11.9 Å². The lowest BCUT2D eigenvalue weighted by Crippen LogP contribution is -2.53. The van der Waals surface area contributed by atoms with Crippen molar-refractivity contribution >= 4 is 23.5 Å². The van der Waals surface area contributed by atoms with Crippen LogP contribution in [0.25, 0.3) is 0 Å². The van der Waals surface area contributed by atoms with Crippen LogP contribution < -0.4 is 0 Å². The van der Waals surface area contributed by atoms with Crippen LogP contribution in [-0.2, 0) is 4.79 Å². The van der Waals surface area contributed by atoms with Crippen LogP contribution >= 0.6 is 11.6 Å². The number of pyridine rings is 1. The molecule has 0 spiro atoms. The minimum atomic E-state index is -0.819. The van der Waals surface area contributed by atoms with Crippen molar-refractivity contribution in [2.45, 2.75) is 6.92 Å². The van der Waals surface area contributed by atoms with E-state index in [1.807, 2.05) is 0 Å². The Hall–Kier alpha value is -1.62. The second-order valence-electron chi connectivity index (χ2n) is 4.47. The zero-order valence-electron chi connectivity index (χ0n) is 9.84. The van der Waals surface area contributed by atoms with Crippen LogP contribution in [0.15, 0.2) is 18.3 Å². The number of carbonyl (C=O) groups is 2. The molecule has 1 N–H and O–H groups in total. The maximum absolute atomic E-state index is 12.0. The fraction of sp³-hybridized carbons (Fsp3) is 0.417. The number of aliphatic carboxylic acids is 1. The summed E-state index contributed by atoms with van der Waals surface area (Å²) in [6.07, 6.45) is 1.43. The molecule has 2 rings (SSSR count). The maximum atomic E-state index is 12.0. The first-order valence-electron chi connectivity index (χ1n) is 5.62. The lowest BCUT2D eigenvalue weighted by Gasteiger charge is -2.41. The van der Waals surface area contributed by atoms with Crippen molar-refractivity contribution in [1.29, 1.82) is 0 Å². The van der Waals surface area contributed by atoms with Gasteiger partial charge >= 0.3 is 5.97 Å². The van der Waals surface area contributed by atoms with Crippen molar-refractivity contribution in [3.8, 4) is 0 Å². The van der Waals surface area contributed by atoms with Gasteiger partial charge in [-0.3, -0.25) is 9.59 Å². The lowest BCUT2D eigenvalue weighted by molar-refractivity contribution is -0.144. The van der Waals surface area contributed by atoms with Crippen molar-refractivity contribution in [2.75, 3.05) is 13.1 Å². The molecule has 1 aliphatic rings. The summed E-state index contributed by atoms with van der Waals surface area (Å²) >= 11 is 5.64. The van der Waals surface area contributed by atoms with Crippen LogP contribution in [0.3, 0.4) is 0 Å². The van der Waals surface area contributed by atoms with Gasteiger partial charge in [0.05, 0.1) is 11.5 Å². The Morgan fingerprint density at radius 1 is 1.50 bits per heavy atom. The number of nitrogens with zero attached hydrogens (tertiary/aromatic N) is 2. The molecule has 1 aliphatic heterocycles. The topological polar surface area (TPSA) is 70.5 Å². The van der Waals surface area contributed by atoms with Gasteiger partial charge in [-0.1, -0.05) is 18.5 Å². The molecule has 0 radical (unpaired) electrons. The minimum Gasteiger partial charge on any atom is -0.481 e. The molecule has 1 fully saturated rings. The molecule has 2 heterocycles. The van der Waals surface area contributed by atoms with Crippen LogP contribution in [0.2, 0.25) is 5.15 Å². The van der Waals surface area contributed by atoms with Crippen molar-refractivity contribution in [2.24, 2.45) is 11.8 Å². The Morgan fingerprint density at radius 2 is 2.17 bits per heavy atom. The van der Waals surface area contributed by atoms with E-state index >= 15 is 0 Å². The molecular formula is C12H13ClN2O3. The van der Waals surface area contributed by atoms with Crippen LogP contribution in [-0.4, -0.2) is 40.0 Å². The molecule has 1 unspecified atom stereocenters. The van der Waals surface area contributed by atoms with Gasteiger partial charge in [-0.25, -0.2) is 4.98 Å². The van der Waals surface area contributed by atoms with E-state index in [9.17, 15) is 9.59 Å². The summed E-state index contributed by atoms with van der Waals surface area (Å²) in [6, 6.07) is 3.18. The number of rotatable bonds is 3. The second-order valence-corrected chi connectivity index (χ2v) is 4.85. The Morgan fingerprint density at radius 3 is 2.67 bits per heavy atom. The van der Waals surface area contributed by atoms with Gasteiger partial charge in [0, 0.05) is 25.2 Å². The number of amides is 1. The van der Waals surface area contributed by atoms with Crippen molar-refractivity contribution in [1.82, 2.24) is 9.88 Å². The number of carboxylic acid groups (broad SMARTS) is 1. The molecule has 0 aromatic carbocycles. The predicted molar refractivity (Wildman–Crippen MR) is 65.4 cm³/mol. The summed E-state index contributed by atoms with van der Waals surface area (Å²) in [4.78, 5) is 28.2. The molecule has 5 nitrogen and oxygen atoms in total. The monoisotopic (exact) mass is 268 g/mol. The Labute approximate surface area is 109 Å². The van der Waals surface area contributed by atoms with Gasteiger partial charge in [0.1, 0.15) is 5.15 Å². The fourth-order valence-corrected chi connectivity index (χ4v) is 1.99. The zero-order chi connectivity index (χ0) is 13.3. The molecule has 1 aromatic heterocycles. The van der Waals surface area contributed by atoms with Gasteiger partial charge < -0.3 is 10.0 Å². The molecule has 96 valence electrons. The van der Waals surface area contributed by atoms with Crippen molar-refractivity contribution in [3.63, 3.8) is 0 Å². The third-order valence-corrected chi connectivity index (χ3v) is 3.49. The summed E-state index contributed by atoms with van der Waals surface area (Å²) in [7, 11) is 0. The number of halogens is 1. The zero-order valence-corrected chi connectivity index (χ0v) is 10.6. The largest absolute Gasteiger partial charge is 0.481 e. The van der Waals surface area contributed by atoms with Crippen LogP contribution in [0, 0.1) is 11.8 Å². The van der Waals surface area contributed by atoms with E-state index in [4.69, 9.17) is 16.7 Å². The van der Waals surface area contributed by atoms with Gasteiger partial charge in [0.2, 0.25) is 0 Å². The minimum absolute atomic E-state index is 0.0340. The highest BCUT2D eigenvalue weighted by Crippen LogP contribution is 2.25. The molecule has 0 bridgehead atoms. The van der Waals surface area contributed by atoms with Crippen LogP contribution in [0.5, 0.6) is 0 Å². The number of likely N-dealkylation sites (tertiary alicyclic amines) is 1. The van der Waals surface area contributed by atoms with E-state index in [1.54, 1.807) is 24.0 Å². The second kappa shape index (κ2) is 4.94. The summed E-state index contributed by atoms with van der Waals surface area (Å²) < 4.78 is 0. The normalized spacial score (nSPS) is 17.1. The average molecular weight is 269 g/mol. The summed E-state index contributed by atoms with van der Waals surface area (Å²) in [6.45, 7) is 2.63. The predicted octanol–water partition coefficient (Wildman–Crippen LogP) is 1.53. The Bertz CT molecular complexity index is 469. The van der Waals surface area contributed by atoms with E-state index in [1.165, 1.54) is 6.20 Å². The van der Waals surface area contributed by atoms with Crippen LogP contribution in [0.1, 0.15) is 17.3 Å². The molecule has 1 saturated heterocycles. The highest BCUT2D eigenvalue weighted by atomic mass is 35.5. The highest BCUT2D eigenvalue weighted by Gasteiger charge is 2.37. The van der Waals surface area contributed by atoms with E-state index in [0.29, 0.717) is 23.8 Å². The molecule has 18 heavy (non-hydrogen) atoms.